The number of ketones is 1. The van der Waals surface area contributed by atoms with E-state index in [9.17, 15) is 9.59 Å². The van der Waals surface area contributed by atoms with Gasteiger partial charge in [0.15, 0.2) is 5.78 Å². The Hall–Kier alpha value is -2.93. The van der Waals surface area contributed by atoms with E-state index in [1.807, 2.05) is 6.07 Å². The largest absolute Gasteiger partial charge is 0.423 e. The van der Waals surface area contributed by atoms with E-state index >= 15 is 0 Å². The summed E-state index contributed by atoms with van der Waals surface area (Å²) in [5.41, 5.74) is 1.30. The Bertz CT molecular complexity index is 696. The van der Waals surface area contributed by atoms with Crippen molar-refractivity contribution in [2.75, 3.05) is 0 Å². The standard InChI is InChI=1S/C16H11NO3/c1-11(18)14-3-2-4-15(9-14)20-16(19)13-7-5-12(10-17)6-8-13/h2-9H,1H3. The van der Waals surface area contributed by atoms with Crippen LogP contribution in [0.2, 0.25) is 0 Å². The normalized spacial score (nSPS) is 9.60. The van der Waals surface area contributed by atoms with E-state index in [0.717, 1.165) is 0 Å². The van der Waals surface area contributed by atoms with Gasteiger partial charge in [-0.25, -0.2) is 4.79 Å². The highest BCUT2D eigenvalue weighted by Crippen LogP contribution is 2.16. The number of Topliss-reactive ketones (excluding diaryl/α,β-unsaturated/α-hetero) is 1. The molecule has 0 heterocycles. The third-order valence-electron chi connectivity index (χ3n) is 2.70. The number of ether oxygens (including phenoxy) is 1. The van der Waals surface area contributed by atoms with Gasteiger partial charge in [0.25, 0.3) is 0 Å². The smallest absolute Gasteiger partial charge is 0.343 e. The molecule has 0 fully saturated rings. The number of nitrogens with zero attached hydrogens (tertiary/aromatic N) is 1. The predicted molar refractivity (Wildman–Crippen MR) is 72.6 cm³/mol. The van der Waals surface area contributed by atoms with Gasteiger partial charge in [0.1, 0.15) is 5.75 Å². The van der Waals surface area contributed by atoms with Crippen LogP contribution in [-0.2, 0) is 0 Å². The molecule has 0 aliphatic carbocycles. The first kappa shape index (κ1) is 13.5. The number of rotatable bonds is 3. The zero-order valence-electron chi connectivity index (χ0n) is 10.8. The molecule has 0 spiro atoms. The summed E-state index contributed by atoms with van der Waals surface area (Å²) in [5, 5.41) is 8.69. The lowest BCUT2D eigenvalue weighted by Gasteiger charge is -2.05. The average Bonchev–Trinajstić information content (AvgIpc) is 2.47. The summed E-state index contributed by atoms with van der Waals surface area (Å²) in [5.74, 6) is -0.316. The molecule has 0 N–H and O–H groups in total. The van der Waals surface area contributed by atoms with Crippen molar-refractivity contribution < 1.29 is 14.3 Å². The lowest BCUT2D eigenvalue weighted by atomic mass is 10.1. The van der Waals surface area contributed by atoms with Gasteiger partial charge in [0.05, 0.1) is 17.2 Å². The maximum Gasteiger partial charge on any atom is 0.343 e. The molecule has 0 atom stereocenters. The summed E-state index contributed by atoms with van der Waals surface area (Å²) in [6.07, 6.45) is 0. The Balaban J connectivity index is 2.17. The monoisotopic (exact) mass is 265 g/mol. The van der Waals surface area contributed by atoms with Crippen LogP contribution >= 0.6 is 0 Å². The van der Waals surface area contributed by atoms with Crippen molar-refractivity contribution in [2.24, 2.45) is 0 Å². The van der Waals surface area contributed by atoms with E-state index in [1.54, 1.807) is 30.3 Å². The molecule has 0 saturated carbocycles. The Kier molecular flexibility index (Phi) is 3.92. The van der Waals surface area contributed by atoms with E-state index in [-0.39, 0.29) is 5.78 Å². The zero-order chi connectivity index (χ0) is 14.5. The van der Waals surface area contributed by atoms with E-state index < -0.39 is 5.97 Å². The predicted octanol–water partition coefficient (Wildman–Crippen LogP) is 2.98. The van der Waals surface area contributed by atoms with Gasteiger partial charge < -0.3 is 4.74 Å². The molecule has 0 aliphatic heterocycles. The van der Waals surface area contributed by atoms with Crippen LogP contribution in [0.4, 0.5) is 0 Å². The topological polar surface area (TPSA) is 67.2 Å². The van der Waals surface area contributed by atoms with Crippen molar-refractivity contribution in [1.82, 2.24) is 0 Å². The van der Waals surface area contributed by atoms with E-state index in [4.69, 9.17) is 10.00 Å². The summed E-state index contributed by atoms with van der Waals surface area (Å²) in [4.78, 5) is 23.2. The quantitative estimate of drug-likeness (QED) is 0.486. The van der Waals surface area contributed by atoms with Crippen LogP contribution in [0.3, 0.4) is 0 Å². The first-order valence-corrected chi connectivity index (χ1v) is 5.93. The lowest BCUT2D eigenvalue weighted by molar-refractivity contribution is 0.0733. The molecular weight excluding hydrogens is 254 g/mol. The Morgan fingerprint density at radius 2 is 1.75 bits per heavy atom. The van der Waals surface area contributed by atoms with Crippen LogP contribution < -0.4 is 4.74 Å². The maximum atomic E-state index is 11.9. The number of carbonyl (C=O) groups is 2. The van der Waals surface area contributed by atoms with E-state index in [0.29, 0.717) is 22.4 Å². The van der Waals surface area contributed by atoms with Gasteiger partial charge in [0, 0.05) is 5.56 Å². The van der Waals surface area contributed by atoms with Gasteiger partial charge >= 0.3 is 5.97 Å². The van der Waals surface area contributed by atoms with Crippen molar-refractivity contribution >= 4 is 11.8 Å². The van der Waals surface area contributed by atoms with Gasteiger partial charge in [-0.3, -0.25) is 4.79 Å². The Morgan fingerprint density at radius 3 is 2.35 bits per heavy atom. The second-order valence-corrected chi connectivity index (χ2v) is 4.16. The molecule has 0 radical (unpaired) electrons. The van der Waals surface area contributed by atoms with E-state index in [2.05, 4.69) is 0 Å². The molecule has 0 bridgehead atoms. The molecule has 0 aromatic heterocycles. The minimum Gasteiger partial charge on any atom is -0.423 e. The summed E-state index contributed by atoms with van der Waals surface area (Å²) in [6, 6.07) is 14.5. The van der Waals surface area contributed by atoms with Crippen LogP contribution in [0.25, 0.3) is 0 Å². The molecule has 0 saturated heterocycles. The minimum atomic E-state index is -0.532. The number of benzene rings is 2. The van der Waals surface area contributed by atoms with Gasteiger partial charge in [-0.15, -0.1) is 0 Å². The number of hydrogen-bond acceptors (Lipinski definition) is 4. The summed E-state index contributed by atoms with van der Waals surface area (Å²) >= 11 is 0. The van der Waals surface area contributed by atoms with Crippen molar-refractivity contribution in [3.8, 4) is 11.8 Å². The summed E-state index contributed by atoms with van der Waals surface area (Å²) < 4.78 is 5.19. The minimum absolute atomic E-state index is 0.0960. The van der Waals surface area contributed by atoms with Crippen molar-refractivity contribution in [3.05, 3.63) is 65.2 Å². The second-order valence-electron chi connectivity index (χ2n) is 4.16. The fourth-order valence-corrected chi connectivity index (χ4v) is 1.63. The highest BCUT2D eigenvalue weighted by atomic mass is 16.5. The summed E-state index contributed by atoms with van der Waals surface area (Å²) in [7, 11) is 0. The van der Waals surface area contributed by atoms with Crippen molar-refractivity contribution in [3.63, 3.8) is 0 Å². The highest BCUT2D eigenvalue weighted by molar-refractivity contribution is 5.95. The number of nitriles is 1. The maximum absolute atomic E-state index is 11.9. The summed E-state index contributed by atoms with van der Waals surface area (Å²) in [6.45, 7) is 1.45. The molecule has 20 heavy (non-hydrogen) atoms. The molecule has 2 rings (SSSR count). The lowest BCUT2D eigenvalue weighted by Crippen LogP contribution is -2.08. The second kappa shape index (κ2) is 5.81. The van der Waals surface area contributed by atoms with Gasteiger partial charge in [-0.1, -0.05) is 12.1 Å². The van der Waals surface area contributed by atoms with Crippen LogP contribution in [0.15, 0.2) is 48.5 Å². The molecular formula is C16H11NO3. The third kappa shape index (κ3) is 3.09. The van der Waals surface area contributed by atoms with Gasteiger partial charge in [-0.05, 0) is 43.3 Å². The first-order chi connectivity index (χ1) is 9.60. The Labute approximate surface area is 116 Å². The van der Waals surface area contributed by atoms with Crippen LogP contribution in [0.5, 0.6) is 5.75 Å². The van der Waals surface area contributed by atoms with Crippen LogP contribution in [-0.4, -0.2) is 11.8 Å². The van der Waals surface area contributed by atoms with Crippen LogP contribution in [0.1, 0.15) is 33.2 Å². The van der Waals surface area contributed by atoms with Gasteiger partial charge in [-0.2, -0.15) is 5.26 Å². The molecule has 2 aromatic rings. The average molecular weight is 265 g/mol. The molecule has 2 aromatic carbocycles. The number of carbonyl (C=O) groups excluding carboxylic acids is 2. The Morgan fingerprint density at radius 1 is 1.05 bits per heavy atom. The van der Waals surface area contributed by atoms with Crippen molar-refractivity contribution in [2.45, 2.75) is 6.92 Å². The highest BCUT2D eigenvalue weighted by Gasteiger charge is 2.09. The molecule has 0 aliphatic rings. The first-order valence-electron chi connectivity index (χ1n) is 5.93. The molecule has 4 heteroatoms. The van der Waals surface area contributed by atoms with Crippen LogP contribution in [0, 0.1) is 11.3 Å². The van der Waals surface area contributed by atoms with E-state index in [1.165, 1.54) is 25.1 Å². The molecule has 98 valence electrons. The zero-order valence-corrected chi connectivity index (χ0v) is 10.8. The third-order valence-corrected chi connectivity index (χ3v) is 2.70. The van der Waals surface area contributed by atoms with Gasteiger partial charge in [0.2, 0.25) is 0 Å². The molecule has 0 amide bonds. The number of hydrogen-bond donors (Lipinski definition) is 0. The fourth-order valence-electron chi connectivity index (χ4n) is 1.63. The SMILES string of the molecule is CC(=O)c1cccc(OC(=O)c2ccc(C#N)cc2)c1. The molecule has 0 unspecified atom stereocenters. The number of esters is 1. The molecule has 4 nitrogen and oxygen atoms in total. The van der Waals surface area contributed by atoms with Crippen molar-refractivity contribution in [1.29, 1.82) is 5.26 Å². The fraction of sp³-hybridized carbons (Fsp3) is 0.0625.